The third kappa shape index (κ3) is 5.84. The number of nitrogens with one attached hydrogen (secondary N) is 1. The lowest BCUT2D eigenvalue weighted by Crippen LogP contribution is -2.23. The van der Waals surface area contributed by atoms with Gasteiger partial charge in [-0.3, -0.25) is 0 Å². The summed E-state index contributed by atoms with van der Waals surface area (Å²) in [7, 11) is 1.62. The molecule has 0 heterocycles. The molecule has 26 heavy (non-hydrogen) atoms. The lowest BCUT2D eigenvalue weighted by Gasteiger charge is -2.12. The Morgan fingerprint density at radius 1 is 1.12 bits per heavy atom. The Hall–Kier alpha value is -2.95. The van der Waals surface area contributed by atoms with E-state index in [0.717, 1.165) is 28.2 Å². The Kier molecular flexibility index (Phi) is 7.55. The van der Waals surface area contributed by atoms with Gasteiger partial charge in [0.05, 0.1) is 13.7 Å². The molecule has 5 heteroatoms. The number of hydrogen-bond acceptors (Lipinski definition) is 4. The molecule has 0 aromatic heterocycles. The number of carbonyl (C=O) groups is 1. The fourth-order valence-corrected chi connectivity index (χ4v) is 2.46. The lowest BCUT2D eigenvalue weighted by atomic mass is 10.0. The van der Waals surface area contributed by atoms with Gasteiger partial charge in [0.15, 0.2) is 0 Å². The Morgan fingerprint density at radius 3 is 2.50 bits per heavy atom. The largest absolute Gasteiger partial charge is 0.497 e. The minimum absolute atomic E-state index is 0.198. The van der Waals surface area contributed by atoms with Crippen LogP contribution in [0.2, 0.25) is 0 Å². The second-order valence-electron chi connectivity index (χ2n) is 5.63. The molecule has 0 atom stereocenters. The van der Waals surface area contributed by atoms with Gasteiger partial charge in [-0.2, -0.15) is 0 Å². The summed E-state index contributed by atoms with van der Waals surface area (Å²) in [5.41, 5.74) is 2.94. The highest BCUT2D eigenvalue weighted by atomic mass is 16.5. The molecule has 0 unspecified atom stereocenters. The molecule has 0 saturated heterocycles. The molecule has 0 bridgehead atoms. The fourth-order valence-electron chi connectivity index (χ4n) is 2.46. The Bertz CT molecular complexity index is 725. The van der Waals surface area contributed by atoms with Crippen molar-refractivity contribution in [2.45, 2.75) is 26.5 Å². The van der Waals surface area contributed by atoms with Crippen molar-refractivity contribution in [3.05, 3.63) is 71.8 Å². The van der Waals surface area contributed by atoms with Crippen molar-refractivity contribution >= 4 is 6.09 Å². The highest BCUT2D eigenvalue weighted by Crippen LogP contribution is 2.20. The predicted molar refractivity (Wildman–Crippen MR) is 102 cm³/mol. The van der Waals surface area contributed by atoms with Crippen LogP contribution >= 0.6 is 0 Å². The molecule has 0 aliphatic heterocycles. The van der Waals surface area contributed by atoms with Gasteiger partial charge in [-0.15, -0.1) is 6.58 Å². The van der Waals surface area contributed by atoms with Crippen molar-refractivity contribution < 1.29 is 19.0 Å². The quantitative estimate of drug-likeness (QED) is 0.683. The highest BCUT2D eigenvalue weighted by molar-refractivity contribution is 5.67. The van der Waals surface area contributed by atoms with E-state index >= 15 is 0 Å². The molecule has 0 aliphatic carbocycles. The monoisotopic (exact) mass is 355 g/mol. The van der Waals surface area contributed by atoms with Crippen LogP contribution in [0.15, 0.2) is 55.1 Å². The molecule has 2 aromatic carbocycles. The molecular formula is C21H25NO4. The van der Waals surface area contributed by atoms with Crippen molar-refractivity contribution in [1.29, 1.82) is 0 Å². The van der Waals surface area contributed by atoms with E-state index in [4.69, 9.17) is 14.2 Å². The van der Waals surface area contributed by atoms with Gasteiger partial charge < -0.3 is 19.5 Å². The first-order chi connectivity index (χ1) is 12.7. The summed E-state index contributed by atoms with van der Waals surface area (Å²) >= 11 is 0. The Labute approximate surface area is 154 Å². The van der Waals surface area contributed by atoms with E-state index in [2.05, 4.69) is 11.9 Å². The minimum Gasteiger partial charge on any atom is -0.497 e. The summed E-state index contributed by atoms with van der Waals surface area (Å²) in [5, 5.41) is 2.74. The second-order valence-corrected chi connectivity index (χ2v) is 5.63. The number of amides is 1. The summed E-state index contributed by atoms with van der Waals surface area (Å²) in [6.07, 6.45) is 2.05. The topological polar surface area (TPSA) is 56.8 Å². The first-order valence-corrected chi connectivity index (χ1v) is 8.55. The Balaban J connectivity index is 1.88. The zero-order chi connectivity index (χ0) is 18.8. The maximum absolute atomic E-state index is 11.9. The Morgan fingerprint density at radius 2 is 1.85 bits per heavy atom. The van der Waals surface area contributed by atoms with E-state index in [0.29, 0.717) is 19.6 Å². The van der Waals surface area contributed by atoms with E-state index < -0.39 is 6.09 Å². The lowest BCUT2D eigenvalue weighted by molar-refractivity contribution is 0.139. The van der Waals surface area contributed by atoms with E-state index in [1.165, 1.54) is 0 Å². The zero-order valence-electron chi connectivity index (χ0n) is 15.3. The third-order valence-corrected chi connectivity index (χ3v) is 3.81. The third-order valence-electron chi connectivity index (χ3n) is 3.81. The maximum atomic E-state index is 11.9. The molecule has 1 amide bonds. The summed E-state index contributed by atoms with van der Waals surface area (Å²) in [6, 6.07) is 13.2. The first kappa shape index (κ1) is 19.4. The van der Waals surface area contributed by atoms with E-state index in [9.17, 15) is 4.79 Å². The van der Waals surface area contributed by atoms with Crippen LogP contribution in [0.1, 0.15) is 23.6 Å². The SMILES string of the molecule is C=CCc1cc(OCC)ccc1COC(=O)NCc1ccc(OC)cc1. The van der Waals surface area contributed by atoms with Crippen molar-refractivity contribution in [3.8, 4) is 11.5 Å². The molecular weight excluding hydrogens is 330 g/mol. The van der Waals surface area contributed by atoms with Crippen LogP contribution in [0.5, 0.6) is 11.5 Å². The summed E-state index contributed by atoms with van der Waals surface area (Å²) < 4.78 is 16.0. The van der Waals surface area contributed by atoms with Gasteiger partial charge in [-0.1, -0.05) is 24.3 Å². The molecule has 0 spiro atoms. The van der Waals surface area contributed by atoms with Crippen LogP contribution in [0.25, 0.3) is 0 Å². The highest BCUT2D eigenvalue weighted by Gasteiger charge is 2.08. The zero-order valence-corrected chi connectivity index (χ0v) is 15.3. The van der Waals surface area contributed by atoms with Gasteiger partial charge >= 0.3 is 6.09 Å². The number of carbonyl (C=O) groups excluding carboxylic acids is 1. The number of ether oxygens (including phenoxy) is 3. The average molecular weight is 355 g/mol. The molecule has 0 aliphatic rings. The van der Waals surface area contributed by atoms with Crippen LogP contribution in [0, 0.1) is 0 Å². The number of hydrogen-bond donors (Lipinski definition) is 1. The molecule has 138 valence electrons. The molecule has 0 saturated carbocycles. The van der Waals surface area contributed by atoms with E-state index in [-0.39, 0.29) is 6.61 Å². The van der Waals surface area contributed by atoms with Crippen LogP contribution in [0.4, 0.5) is 4.79 Å². The van der Waals surface area contributed by atoms with Gasteiger partial charge in [0.1, 0.15) is 18.1 Å². The molecule has 2 rings (SSSR count). The molecule has 2 aromatic rings. The van der Waals surface area contributed by atoms with Crippen molar-refractivity contribution in [3.63, 3.8) is 0 Å². The van der Waals surface area contributed by atoms with E-state index in [1.807, 2.05) is 55.5 Å². The number of benzene rings is 2. The number of allylic oxidation sites excluding steroid dienone is 1. The van der Waals surface area contributed by atoms with Crippen molar-refractivity contribution in [2.75, 3.05) is 13.7 Å². The van der Waals surface area contributed by atoms with Crippen LogP contribution in [0.3, 0.4) is 0 Å². The van der Waals surface area contributed by atoms with Crippen LogP contribution in [-0.4, -0.2) is 19.8 Å². The normalized spacial score (nSPS) is 10.1. The number of alkyl carbamates (subject to hydrolysis) is 1. The van der Waals surface area contributed by atoms with Crippen LogP contribution < -0.4 is 14.8 Å². The maximum Gasteiger partial charge on any atom is 0.407 e. The van der Waals surface area contributed by atoms with Gasteiger partial charge in [0, 0.05) is 6.54 Å². The molecule has 0 fully saturated rings. The van der Waals surface area contributed by atoms with Crippen molar-refractivity contribution in [2.24, 2.45) is 0 Å². The summed E-state index contributed by atoms with van der Waals surface area (Å²) in [5.74, 6) is 1.58. The first-order valence-electron chi connectivity index (χ1n) is 8.55. The van der Waals surface area contributed by atoms with Gasteiger partial charge in [0.2, 0.25) is 0 Å². The van der Waals surface area contributed by atoms with Crippen LogP contribution in [-0.2, 0) is 24.3 Å². The summed E-state index contributed by atoms with van der Waals surface area (Å²) in [6.45, 7) is 6.92. The molecule has 5 nitrogen and oxygen atoms in total. The average Bonchev–Trinajstić information content (AvgIpc) is 2.66. The fraction of sp³-hybridized carbons (Fsp3) is 0.286. The molecule has 0 radical (unpaired) electrons. The van der Waals surface area contributed by atoms with E-state index in [1.54, 1.807) is 7.11 Å². The standard InChI is InChI=1S/C21H25NO4/c1-4-6-17-13-20(25-5-2)12-9-18(17)15-26-21(23)22-14-16-7-10-19(24-3)11-8-16/h4,7-13H,1,5-6,14-15H2,2-3H3,(H,22,23). The van der Waals surface area contributed by atoms with Crippen molar-refractivity contribution in [1.82, 2.24) is 5.32 Å². The minimum atomic E-state index is -0.459. The van der Waals surface area contributed by atoms with Gasteiger partial charge in [-0.05, 0) is 54.3 Å². The number of rotatable bonds is 9. The smallest absolute Gasteiger partial charge is 0.407 e. The number of methoxy groups -OCH3 is 1. The van der Waals surface area contributed by atoms with Gasteiger partial charge in [-0.25, -0.2) is 4.79 Å². The predicted octanol–water partition coefficient (Wildman–Crippen LogP) is 4.25. The second kappa shape index (κ2) is 10.1. The molecule has 1 N–H and O–H groups in total. The van der Waals surface area contributed by atoms with Gasteiger partial charge in [0.25, 0.3) is 0 Å². The summed E-state index contributed by atoms with van der Waals surface area (Å²) in [4.78, 5) is 11.9.